The van der Waals surface area contributed by atoms with Crippen molar-refractivity contribution in [2.75, 3.05) is 0 Å². The topological polar surface area (TPSA) is 42.0 Å². The number of carbonyl (C=O) groups is 1. The Morgan fingerprint density at radius 1 is 1.38 bits per heavy atom. The number of alkyl halides is 2. The van der Waals surface area contributed by atoms with E-state index in [1.54, 1.807) is 0 Å². The number of pyridine rings is 1. The molecule has 0 aliphatic carbocycles. The number of nitrogens with zero attached hydrogens (tertiary/aromatic N) is 1. The maximum absolute atomic E-state index is 12.8. The molecule has 3 nitrogen and oxygen atoms in total. The lowest BCUT2D eigenvalue weighted by Gasteiger charge is -2.36. The molecule has 68 valence electrons. The van der Waals surface area contributed by atoms with E-state index in [4.69, 9.17) is 0 Å². The normalized spacial score (nSPS) is 24.8. The van der Waals surface area contributed by atoms with Crippen LogP contribution >= 0.6 is 0 Å². The zero-order chi connectivity index (χ0) is 9.47. The third-order valence-corrected chi connectivity index (χ3v) is 1.98. The molecule has 1 fully saturated rings. The van der Waals surface area contributed by atoms with E-state index in [0.717, 1.165) is 0 Å². The second-order valence-electron chi connectivity index (χ2n) is 2.81. The second kappa shape index (κ2) is 2.48. The summed E-state index contributed by atoms with van der Waals surface area (Å²) in [4.78, 5) is 14.2. The highest BCUT2D eigenvalue weighted by atomic mass is 19.3. The summed E-state index contributed by atoms with van der Waals surface area (Å²) >= 11 is 0. The molecule has 0 aromatic carbocycles. The first-order chi connectivity index (χ1) is 6.12. The highest BCUT2D eigenvalue weighted by molar-refractivity contribution is 5.91. The number of nitrogens with one attached hydrogen (secondary N) is 1. The van der Waals surface area contributed by atoms with Crippen molar-refractivity contribution in [1.82, 2.24) is 10.3 Å². The van der Waals surface area contributed by atoms with Crippen LogP contribution in [0.15, 0.2) is 24.5 Å². The smallest absolute Gasteiger partial charge is 0.337 e. The number of carbonyl (C=O) groups excluding carboxylic acids is 1. The lowest BCUT2D eigenvalue weighted by molar-refractivity contribution is -0.171. The van der Waals surface area contributed by atoms with Crippen LogP contribution in [0.2, 0.25) is 0 Å². The molecule has 0 spiro atoms. The Balaban J connectivity index is 2.27. The molecule has 1 aromatic heterocycles. The van der Waals surface area contributed by atoms with Crippen molar-refractivity contribution < 1.29 is 13.6 Å². The standard InChI is InChI=1S/C8H6F2N2O/c9-8(10)6(12-7(8)13)5-1-3-11-4-2-5/h1-4,6H,(H,12,13)/t6-/m0/s1. The summed E-state index contributed by atoms with van der Waals surface area (Å²) in [7, 11) is 0. The third-order valence-electron chi connectivity index (χ3n) is 1.98. The fraction of sp³-hybridized carbons (Fsp3) is 0.250. The van der Waals surface area contributed by atoms with Gasteiger partial charge in [-0.1, -0.05) is 0 Å². The Bertz CT molecular complexity index is 339. The highest BCUT2D eigenvalue weighted by Gasteiger charge is 2.58. The van der Waals surface area contributed by atoms with Gasteiger partial charge in [-0.2, -0.15) is 8.78 Å². The summed E-state index contributed by atoms with van der Waals surface area (Å²) in [5.74, 6) is -4.49. The molecule has 1 amide bonds. The van der Waals surface area contributed by atoms with Gasteiger partial charge < -0.3 is 5.32 Å². The molecule has 0 unspecified atom stereocenters. The SMILES string of the molecule is O=C1N[C@@H](c2ccncc2)C1(F)F. The van der Waals surface area contributed by atoms with Gasteiger partial charge in [0.25, 0.3) is 5.91 Å². The van der Waals surface area contributed by atoms with E-state index in [1.807, 2.05) is 0 Å². The number of amides is 1. The van der Waals surface area contributed by atoms with Crippen LogP contribution in [-0.2, 0) is 4.79 Å². The van der Waals surface area contributed by atoms with Crippen molar-refractivity contribution in [1.29, 1.82) is 0 Å². The first-order valence-electron chi connectivity index (χ1n) is 3.71. The van der Waals surface area contributed by atoms with Crippen LogP contribution in [0.1, 0.15) is 11.6 Å². The number of aromatic nitrogens is 1. The molecular formula is C8H6F2N2O. The summed E-state index contributed by atoms with van der Waals surface area (Å²) in [6.45, 7) is 0. The minimum atomic E-state index is -3.28. The van der Waals surface area contributed by atoms with E-state index in [-0.39, 0.29) is 0 Å². The van der Waals surface area contributed by atoms with Gasteiger partial charge in [-0.25, -0.2) is 0 Å². The quantitative estimate of drug-likeness (QED) is 0.658. The van der Waals surface area contributed by atoms with Crippen LogP contribution in [0.5, 0.6) is 0 Å². The van der Waals surface area contributed by atoms with Crippen LogP contribution in [0.25, 0.3) is 0 Å². The Kier molecular flexibility index (Phi) is 1.55. The van der Waals surface area contributed by atoms with E-state index in [0.29, 0.717) is 5.56 Å². The Labute approximate surface area is 72.8 Å². The number of hydrogen-bond donors (Lipinski definition) is 1. The van der Waals surface area contributed by atoms with Gasteiger partial charge in [0.1, 0.15) is 6.04 Å². The zero-order valence-corrected chi connectivity index (χ0v) is 6.50. The predicted molar refractivity (Wildman–Crippen MR) is 40.1 cm³/mol. The molecular weight excluding hydrogens is 178 g/mol. The monoisotopic (exact) mass is 184 g/mol. The number of hydrogen-bond acceptors (Lipinski definition) is 2. The largest absolute Gasteiger partial charge is 0.348 e. The molecule has 0 radical (unpaired) electrons. The molecule has 5 heteroatoms. The summed E-state index contributed by atoms with van der Waals surface area (Å²) in [5, 5.41) is 2.13. The first kappa shape index (κ1) is 8.10. The van der Waals surface area contributed by atoms with Crippen LogP contribution in [-0.4, -0.2) is 16.8 Å². The van der Waals surface area contributed by atoms with E-state index >= 15 is 0 Å². The van der Waals surface area contributed by atoms with Crippen LogP contribution in [0, 0.1) is 0 Å². The summed E-state index contributed by atoms with van der Waals surface area (Å²) in [6, 6.07) is 1.72. The molecule has 1 aliphatic rings. The second-order valence-corrected chi connectivity index (χ2v) is 2.81. The zero-order valence-electron chi connectivity index (χ0n) is 6.50. The van der Waals surface area contributed by atoms with Crippen LogP contribution < -0.4 is 5.32 Å². The van der Waals surface area contributed by atoms with E-state index < -0.39 is 17.9 Å². The molecule has 1 atom stereocenters. The van der Waals surface area contributed by atoms with Crippen LogP contribution in [0.3, 0.4) is 0 Å². The lowest BCUT2D eigenvalue weighted by atomic mass is 9.94. The van der Waals surface area contributed by atoms with Crippen molar-refractivity contribution >= 4 is 5.91 Å². The van der Waals surface area contributed by atoms with Crippen molar-refractivity contribution in [2.45, 2.75) is 12.0 Å². The van der Waals surface area contributed by atoms with Crippen LogP contribution in [0.4, 0.5) is 8.78 Å². The minimum Gasteiger partial charge on any atom is -0.337 e. The minimum absolute atomic E-state index is 0.375. The average Bonchev–Trinajstić information content (AvgIpc) is 2.15. The maximum atomic E-state index is 12.8. The van der Waals surface area contributed by atoms with Gasteiger partial charge in [-0.3, -0.25) is 9.78 Å². The maximum Gasteiger partial charge on any atom is 0.348 e. The van der Waals surface area contributed by atoms with Gasteiger partial charge in [0.15, 0.2) is 0 Å². The molecule has 0 saturated carbocycles. The number of β-lactam (4-membered cyclic amide) rings is 1. The van der Waals surface area contributed by atoms with E-state index in [2.05, 4.69) is 10.3 Å². The molecule has 1 saturated heterocycles. The molecule has 13 heavy (non-hydrogen) atoms. The molecule has 1 N–H and O–H groups in total. The van der Waals surface area contributed by atoms with Gasteiger partial charge in [0, 0.05) is 12.4 Å². The van der Waals surface area contributed by atoms with Gasteiger partial charge in [0.05, 0.1) is 0 Å². The van der Waals surface area contributed by atoms with Crippen molar-refractivity contribution in [3.63, 3.8) is 0 Å². The lowest BCUT2D eigenvalue weighted by Crippen LogP contribution is -2.61. The highest BCUT2D eigenvalue weighted by Crippen LogP contribution is 2.38. The molecule has 1 aliphatic heterocycles. The predicted octanol–water partition coefficient (Wildman–Crippen LogP) is 0.888. The molecule has 1 aromatic rings. The fourth-order valence-electron chi connectivity index (χ4n) is 1.22. The van der Waals surface area contributed by atoms with Crippen molar-refractivity contribution in [3.05, 3.63) is 30.1 Å². The third kappa shape index (κ3) is 1.07. The van der Waals surface area contributed by atoms with Gasteiger partial charge in [0.2, 0.25) is 0 Å². The number of rotatable bonds is 1. The number of halogens is 2. The molecule has 2 rings (SSSR count). The van der Waals surface area contributed by atoms with Crippen molar-refractivity contribution in [2.24, 2.45) is 0 Å². The van der Waals surface area contributed by atoms with Crippen molar-refractivity contribution in [3.8, 4) is 0 Å². The summed E-state index contributed by atoms with van der Waals surface area (Å²) in [6.07, 6.45) is 2.83. The Morgan fingerprint density at radius 2 is 2.00 bits per heavy atom. The Morgan fingerprint density at radius 3 is 2.46 bits per heavy atom. The van der Waals surface area contributed by atoms with Gasteiger partial charge >= 0.3 is 5.92 Å². The molecule has 2 heterocycles. The average molecular weight is 184 g/mol. The summed E-state index contributed by atoms with van der Waals surface area (Å²) < 4.78 is 25.7. The molecule has 0 bridgehead atoms. The van der Waals surface area contributed by atoms with E-state index in [1.165, 1.54) is 24.5 Å². The summed E-state index contributed by atoms with van der Waals surface area (Å²) in [5.41, 5.74) is 0.375. The Hall–Kier alpha value is -1.52. The van der Waals surface area contributed by atoms with Gasteiger partial charge in [-0.05, 0) is 17.7 Å². The first-order valence-corrected chi connectivity index (χ1v) is 3.71. The fourth-order valence-corrected chi connectivity index (χ4v) is 1.22. The van der Waals surface area contributed by atoms with Gasteiger partial charge in [-0.15, -0.1) is 0 Å². The van der Waals surface area contributed by atoms with E-state index in [9.17, 15) is 13.6 Å².